The second-order valence-electron chi connectivity index (χ2n) is 4.85. The van der Waals surface area contributed by atoms with Gasteiger partial charge in [0.15, 0.2) is 0 Å². The fourth-order valence-electron chi connectivity index (χ4n) is 2.69. The molecule has 0 radical (unpaired) electrons. The first-order chi connectivity index (χ1) is 9.34. The topological polar surface area (TPSA) is 29.0 Å². The summed E-state index contributed by atoms with van der Waals surface area (Å²) in [5, 5.41) is 0.749. The quantitative estimate of drug-likeness (QED) is 0.857. The van der Waals surface area contributed by atoms with Crippen LogP contribution in [0.1, 0.15) is 30.1 Å². The number of aromatic nitrogens is 2. The Morgan fingerprint density at radius 3 is 2.95 bits per heavy atom. The van der Waals surface area contributed by atoms with Gasteiger partial charge in [0.05, 0.1) is 10.7 Å². The second kappa shape index (κ2) is 5.68. The number of hydrogen-bond acceptors (Lipinski definition) is 3. The van der Waals surface area contributed by atoms with Crippen molar-refractivity contribution in [3.8, 4) is 0 Å². The molecular weight excluding hydrogens is 258 g/mol. The van der Waals surface area contributed by atoms with E-state index < -0.39 is 0 Å². The summed E-state index contributed by atoms with van der Waals surface area (Å²) in [4.78, 5) is 11.0. The molecule has 0 amide bonds. The summed E-state index contributed by atoms with van der Waals surface area (Å²) >= 11 is 6.19. The normalized spacial score (nSPS) is 19.7. The predicted octanol–water partition coefficient (Wildman–Crippen LogP) is 3.47. The molecule has 3 heterocycles. The number of halogens is 1. The van der Waals surface area contributed by atoms with Crippen molar-refractivity contribution in [3.63, 3.8) is 0 Å². The summed E-state index contributed by atoms with van der Waals surface area (Å²) in [6.07, 6.45) is 7.97. The van der Waals surface area contributed by atoms with E-state index in [0.29, 0.717) is 6.04 Å². The van der Waals surface area contributed by atoms with Crippen LogP contribution in [0.25, 0.3) is 0 Å². The zero-order valence-electron chi connectivity index (χ0n) is 10.7. The van der Waals surface area contributed by atoms with E-state index in [4.69, 9.17) is 11.6 Å². The molecule has 19 heavy (non-hydrogen) atoms. The van der Waals surface area contributed by atoms with E-state index in [1.165, 1.54) is 18.4 Å². The van der Waals surface area contributed by atoms with Gasteiger partial charge in [0, 0.05) is 31.2 Å². The Balaban J connectivity index is 1.79. The highest BCUT2D eigenvalue weighted by Crippen LogP contribution is 2.33. The molecule has 1 fully saturated rings. The molecular formula is C15H16ClN3. The fourth-order valence-corrected chi connectivity index (χ4v) is 2.87. The average Bonchev–Trinajstić information content (AvgIpc) is 2.91. The maximum Gasteiger partial charge on any atom is 0.0729 e. The SMILES string of the molecule is Clc1cccnc1CN1CCCC1c1cccnc1. The van der Waals surface area contributed by atoms with Gasteiger partial charge in [0.1, 0.15) is 0 Å². The first-order valence-corrected chi connectivity index (χ1v) is 6.96. The third kappa shape index (κ3) is 2.77. The van der Waals surface area contributed by atoms with E-state index in [9.17, 15) is 0 Å². The van der Waals surface area contributed by atoms with Crippen molar-refractivity contribution in [3.05, 3.63) is 59.1 Å². The van der Waals surface area contributed by atoms with Crippen molar-refractivity contribution >= 4 is 11.6 Å². The van der Waals surface area contributed by atoms with Gasteiger partial charge in [-0.2, -0.15) is 0 Å². The minimum atomic E-state index is 0.437. The highest BCUT2D eigenvalue weighted by Gasteiger charge is 2.26. The van der Waals surface area contributed by atoms with Crippen molar-refractivity contribution in [1.82, 2.24) is 14.9 Å². The molecule has 0 bridgehead atoms. The van der Waals surface area contributed by atoms with Gasteiger partial charge < -0.3 is 0 Å². The Hall–Kier alpha value is -1.45. The molecule has 4 heteroatoms. The fraction of sp³-hybridized carbons (Fsp3) is 0.333. The molecule has 3 rings (SSSR count). The number of nitrogens with zero attached hydrogens (tertiary/aromatic N) is 3. The van der Waals surface area contributed by atoms with Crippen LogP contribution in [0.3, 0.4) is 0 Å². The van der Waals surface area contributed by atoms with Crippen LogP contribution < -0.4 is 0 Å². The van der Waals surface area contributed by atoms with Crippen molar-refractivity contribution in [1.29, 1.82) is 0 Å². The summed E-state index contributed by atoms with van der Waals surface area (Å²) in [5.41, 5.74) is 2.24. The number of rotatable bonds is 3. The highest BCUT2D eigenvalue weighted by atomic mass is 35.5. The summed E-state index contributed by atoms with van der Waals surface area (Å²) in [5.74, 6) is 0. The Morgan fingerprint density at radius 1 is 1.26 bits per heavy atom. The van der Waals surface area contributed by atoms with E-state index in [1.807, 2.05) is 30.6 Å². The van der Waals surface area contributed by atoms with Crippen LogP contribution in [0, 0.1) is 0 Å². The van der Waals surface area contributed by atoms with Gasteiger partial charge in [-0.3, -0.25) is 14.9 Å². The van der Waals surface area contributed by atoms with Crippen molar-refractivity contribution in [2.45, 2.75) is 25.4 Å². The molecule has 0 N–H and O–H groups in total. The third-order valence-electron chi connectivity index (χ3n) is 3.62. The molecule has 0 spiro atoms. The molecule has 2 aromatic rings. The van der Waals surface area contributed by atoms with Crippen LogP contribution in [0.5, 0.6) is 0 Å². The maximum atomic E-state index is 6.19. The largest absolute Gasteiger partial charge is 0.290 e. The zero-order valence-corrected chi connectivity index (χ0v) is 11.4. The highest BCUT2D eigenvalue weighted by molar-refractivity contribution is 6.31. The summed E-state index contributed by atoms with van der Waals surface area (Å²) in [6.45, 7) is 1.89. The lowest BCUT2D eigenvalue weighted by atomic mass is 10.1. The Morgan fingerprint density at radius 2 is 2.16 bits per heavy atom. The molecule has 1 atom stereocenters. The Kier molecular flexibility index (Phi) is 3.76. The maximum absolute atomic E-state index is 6.19. The van der Waals surface area contributed by atoms with E-state index >= 15 is 0 Å². The van der Waals surface area contributed by atoms with Crippen LogP contribution in [0.4, 0.5) is 0 Å². The van der Waals surface area contributed by atoms with Crippen molar-refractivity contribution < 1.29 is 0 Å². The van der Waals surface area contributed by atoms with Crippen LogP contribution in [0.15, 0.2) is 42.9 Å². The lowest BCUT2D eigenvalue weighted by Gasteiger charge is -2.24. The second-order valence-corrected chi connectivity index (χ2v) is 5.25. The average molecular weight is 274 g/mol. The third-order valence-corrected chi connectivity index (χ3v) is 3.96. The lowest BCUT2D eigenvalue weighted by Crippen LogP contribution is -2.23. The Labute approximate surface area is 118 Å². The van der Waals surface area contributed by atoms with Gasteiger partial charge in [-0.25, -0.2) is 0 Å². The number of pyridine rings is 2. The van der Waals surface area contributed by atoms with Gasteiger partial charge in [0.2, 0.25) is 0 Å². The molecule has 0 aromatic carbocycles. The first kappa shape index (κ1) is 12.6. The molecule has 0 aliphatic carbocycles. The molecule has 2 aromatic heterocycles. The molecule has 1 aliphatic heterocycles. The minimum absolute atomic E-state index is 0.437. The molecule has 1 aliphatic rings. The molecule has 1 saturated heterocycles. The van der Waals surface area contributed by atoms with Gasteiger partial charge in [-0.05, 0) is 43.1 Å². The lowest BCUT2D eigenvalue weighted by molar-refractivity contribution is 0.245. The van der Waals surface area contributed by atoms with Crippen LogP contribution in [0.2, 0.25) is 5.02 Å². The van der Waals surface area contributed by atoms with Gasteiger partial charge >= 0.3 is 0 Å². The molecule has 98 valence electrons. The molecule has 1 unspecified atom stereocenters. The Bertz CT molecular complexity index is 544. The predicted molar refractivity (Wildman–Crippen MR) is 75.9 cm³/mol. The summed E-state index contributed by atoms with van der Waals surface area (Å²) in [6, 6.07) is 8.36. The minimum Gasteiger partial charge on any atom is -0.290 e. The van der Waals surface area contributed by atoms with Crippen LogP contribution in [-0.2, 0) is 6.54 Å². The van der Waals surface area contributed by atoms with Crippen molar-refractivity contribution in [2.75, 3.05) is 6.54 Å². The van der Waals surface area contributed by atoms with Crippen LogP contribution in [-0.4, -0.2) is 21.4 Å². The van der Waals surface area contributed by atoms with Crippen LogP contribution >= 0.6 is 11.6 Å². The van der Waals surface area contributed by atoms with E-state index in [-0.39, 0.29) is 0 Å². The smallest absolute Gasteiger partial charge is 0.0729 e. The van der Waals surface area contributed by atoms with E-state index in [1.54, 1.807) is 6.20 Å². The van der Waals surface area contributed by atoms with Gasteiger partial charge in [-0.15, -0.1) is 0 Å². The number of likely N-dealkylation sites (tertiary alicyclic amines) is 1. The van der Waals surface area contributed by atoms with Gasteiger partial charge in [0.25, 0.3) is 0 Å². The summed E-state index contributed by atoms with van der Waals surface area (Å²) < 4.78 is 0. The molecule has 0 saturated carbocycles. The van der Waals surface area contributed by atoms with E-state index in [2.05, 4.69) is 20.9 Å². The van der Waals surface area contributed by atoms with E-state index in [0.717, 1.165) is 23.8 Å². The van der Waals surface area contributed by atoms with Gasteiger partial charge in [-0.1, -0.05) is 17.7 Å². The monoisotopic (exact) mass is 273 g/mol. The standard InChI is InChI=1S/C15H16ClN3/c16-13-5-2-8-18-14(13)11-19-9-3-6-15(19)12-4-1-7-17-10-12/h1-2,4-5,7-8,10,15H,3,6,9,11H2. The zero-order chi connectivity index (χ0) is 13.1. The first-order valence-electron chi connectivity index (χ1n) is 6.58. The van der Waals surface area contributed by atoms with Crippen molar-refractivity contribution in [2.24, 2.45) is 0 Å². The molecule has 3 nitrogen and oxygen atoms in total. The number of hydrogen-bond donors (Lipinski definition) is 0. The summed E-state index contributed by atoms with van der Waals surface area (Å²) in [7, 11) is 0.